The van der Waals surface area contributed by atoms with Crippen molar-refractivity contribution in [3.05, 3.63) is 18.3 Å². The molecule has 0 spiro atoms. The van der Waals surface area contributed by atoms with Crippen LogP contribution in [-0.4, -0.2) is 24.6 Å². The van der Waals surface area contributed by atoms with Crippen LogP contribution < -0.4 is 15.8 Å². The Bertz CT molecular complexity index is 321. The Hall–Kier alpha value is -1.78. The summed E-state index contributed by atoms with van der Waals surface area (Å²) in [7, 11) is 1.58. The highest BCUT2D eigenvalue weighted by Gasteiger charge is 1.96. The summed E-state index contributed by atoms with van der Waals surface area (Å²) in [5.74, 6) is 0.980. The van der Waals surface area contributed by atoms with Crippen LogP contribution in [0.2, 0.25) is 0 Å². The lowest BCUT2D eigenvalue weighted by molar-refractivity contribution is 0.398. The monoisotopic (exact) mass is 208 g/mol. The normalized spacial score (nSPS) is 11.2. The van der Waals surface area contributed by atoms with Crippen molar-refractivity contribution in [2.75, 3.05) is 19.0 Å². The predicted octanol–water partition coefficient (Wildman–Crippen LogP) is 1.23. The average molecular weight is 208 g/mol. The zero-order valence-corrected chi connectivity index (χ0v) is 9.03. The fraction of sp³-hybridized carbons (Fsp3) is 0.400. The first kappa shape index (κ1) is 11.3. The topological polar surface area (TPSA) is 72.5 Å². The molecule has 0 aromatic carbocycles. The lowest BCUT2D eigenvalue weighted by atomic mass is 10.4. The van der Waals surface area contributed by atoms with E-state index >= 15 is 0 Å². The lowest BCUT2D eigenvalue weighted by Crippen LogP contribution is -2.22. The number of hydrogen-bond donors (Lipinski definition) is 2. The lowest BCUT2D eigenvalue weighted by Gasteiger charge is -2.05. The van der Waals surface area contributed by atoms with Crippen molar-refractivity contribution in [2.45, 2.75) is 13.3 Å². The number of guanidine groups is 1. The molecule has 0 saturated heterocycles. The third-order valence-corrected chi connectivity index (χ3v) is 1.72. The second-order valence-electron chi connectivity index (χ2n) is 2.98. The van der Waals surface area contributed by atoms with E-state index in [1.54, 1.807) is 19.4 Å². The molecule has 15 heavy (non-hydrogen) atoms. The number of pyridine rings is 1. The van der Waals surface area contributed by atoms with Gasteiger partial charge in [0.2, 0.25) is 5.88 Å². The van der Waals surface area contributed by atoms with Crippen LogP contribution in [0.5, 0.6) is 5.88 Å². The minimum atomic E-state index is 0.406. The second kappa shape index (κ2) is 5.85. The number of nitrogens with one attached hydrogen (secondary N) is 1. The Kier molecular flexibility index (Phi) is 4.40. The summed E-state index contributed by atoms with van der Waals surface area (Å²) in [5.41, 5.74) is 6.44. The minimum absolute atomic E-state index is 0.406. The SMILES string of the molecule is CCCN=C(N)Nc1ccc(OC)nc1. The molecule has 0 bridgehead atoms. The Labute approximate surface area is 89.4 Å². The maximum atomic E-state index is 5.64. The molecule has 1 heterocycles. The number of methoxy groups -OCH3 is 1. The summed E-state index contributed by atoms with van der Waals surface area (Å²) >= 11 is 0. The van der Waals surface area contributed by atoms with Gasteiger partial charge in [-0.25, -0.2) is 4.98 Å². The second-order valence-corrected chi connectivity index (χ2v) is 2.98. The maximum Gasteiger partial charge on any atom is 0.213 e. The van der Waals surface area contributed by atoms with Crippen LogP contribution in [0.1, 0.15) is 13.3 Å². The summed E-state index contributed by atoms with van der Waals surface area (Å²) in [5, 5.41) is 2.94. The quantitative estimate of drug-likeness (QED) is 0.576. The predicted molar refractivity (Wildman–Crippen MR) is 61.2 cm³/mol. The molecule has 0 aliphatic rings. The molecule has 1 aromatic heterocycles. The van der Waals surface area contributed by atoms with Crippen molar-refractivity contribution in [3.63, 3.8) is 0 Å². The van der Waals surface area contributed by atoms with Gasteiger partial charge in [-0.3, -0.25) is 4.99 Å². The average Bonchev–Trinajstić information content (AvgIpc) is 2.27. The summed E-state index contributed by atoms with van der Waals surface area (Å²) in [6.45, 7) is 2.77. The smallest absolute Gasteiger partial charge is 0.213 e. The third kappa shape index (κ3) is 3.84. The molecule has 5 nitrogen and oxygen atoms in total. The van der Waals surface area contributed by atoms with E-state index in [2.05, 4.69) is 15.3 Å². The number of aliphatic imine (C=N–C) groups is 1. The summed E-state index contributed by atoms with van der Waals surface area (Å²) in [6, 6.07) is 3.59. The van der Waals surface area contributed by atoms with Gasteiger partial charge < -0.3 is 15.8 Å². The molecule has 1 rings (SSSR count). The number of ether oxygens (including phenoxy) is 1. The molecular weight excluding hydrogens is 192 g/mol. The molecule has 0 fully saturated rings. The Morgan fingerprint density at radius 3 is 2.93 bits per heavy atom. The molecule has 82 valence electrons. The Balaban J connectivity index is 2.57. The fourth-order valence-electron chi connectivity index (χ4n) is 0.995. The Morgan fingerprint density at radius 2 is 2.40 bits per heavy atom. The minimum Gasteiger partial charge on any atom is -0.481 e. The molecule has 0 radical (unpaired) electrons. The molecule has 0 amide bonds. The van der Waals surface area contributed by atoms with Gasteiger partial charge in [0.15, 0.2) is 5.96 Å². The first-order valence-electron chi connectivity index (χ1n) is 4.83. The number of aromatic nitrogens is 1. The van der Waals surface area contributed by atoms with E-state index in [0.29, 0.717) is 11.8 Å². The Morgan fingerprint density at radius 1 is 1.60 bits per heavy atom. The van der Waals surface area contributed by atoms with Crippen molar-refractivity contribution in [1.29, 1.82) is 0 Å². The van der Waals surface area contributed by atoms with E-state index in [1.807, 2.05) is 13.0 Å². The van der Waals surface area contributed by atoms with Crippen LogP contribution in [0.25, 0.3) is 0 Å². The molecule has 3 N–H and O–H groups in total. The third-order valence-electron chi connectivity index (χ3n) is 1.72. The van der Waals surface area contributed by atoms with Gasteiger partial charge in [-0.1, -0.05) is 6.92 Å². The zero-order chi connectivity index (χ0) is 11.1. The van der Waals surface area contributed by atoms with Crippen LogP contribution in [0.15, 0.2) is 23.3 Å². The van der Waals surface area contributed by atoms with Gasteiger partial charge in [-0.2, -0.15) is 0 Å². The summed E-state index contributed by atoms with van der Waals surface area (Å²) < 4.78 is 4.94. The maximum absolute atomic E-state index is 5.64. The van der Waals surface area contributed by atoms with Crippen LogP contribution in [-0.2, 0) is 0 Å². The van der Waals surface area contributed by atoms with Crippen molar-refractivity contribution in [2.24, 2.45) is 10.7 Å². The number of rotatable bonds is 4. The standard InChI is InChI=1S/C10H16N4O/c1-3-6-12-10(11)14-8-4-5-9(15-2)13-7-8/h4-5,7H,3,6H2,1-2H3,(H3,11,12,14). The van der Waals surface area contributed by atoms with Gasteiger partial charge in [0.25, 0.3) is 0 Å². The van der Waals surface area contributed by atoms with Gasteiger partial charge in [-0.05, 0) is 12.5 Å². The highest BCUT2D eigenvalue weighted by atomic mass is 16.5. The first-order valence-corrected chi connectivity index (χ1v) is 4.83. The number of hydrogen-bond acceptors (Lipinski definition) is 3. The molecule has 0 saturated carbocycles. The first-order chi connectivity index (χ1) is 7.26. The van der Waals surface area contributed by atoms with E-state index in [-0.39, 0.29) is 0 Å². The molecule has 0 unspecified atom stereocenters. The van der Waals surface area contributed by atoms with Gasteiger partial charge >= 0.3 is 0 Å². The van der Waals surface area contributed by atoms with E-state index in [9.17, 15) is 0 Å². The fourth-order valence-corrected chi connectivity index (χ4v) is 0.995. The van der Waals surface area contributed by atoms with E-state index < -0.39 is 0 Å². The van der Waals surface area contributed by atoms with E-state index in [0.717, 1.165) is 18.7 Å². The molecule has 5 heteroatoms. The van der Waals surface area contributed by atoms with Crippen LogP contribution in [0, 0.1) is 0 Å². The molecule has 0 atom stereocenters. The van der Waals surface area contributed by atoms with Gasteiger partial charge in [0.1, 0.15) is 0 Å². The summed E-state index contributed by atoms with van der Waals surface area (Å²) in [6.07, 6.45) is 2.62. The van der Waals surface area contributed by atoms with Gasteiger partial charge in [0, 0.05) is 12.6 Å². The number of anilines is 1. The molecular formula is C10H16N4O. The van der Waals surface area contributed by atoms with Crippen LogP contribution >= 0.6 is 0 Å². The van der Waals surface area contributed by atoms with Crippen LogP contribution in [0.3, 0.4) is 0 Å². The molecule has 0 aliphatic carbocycles. The molecule has 1 aromatic rings. The van der Waals surface area contributed by atoms with Crippen molar-refractivity contribution < 1.29 is 4.74 Å². The molecule has 0 aliphatic heterocycles. The summed E-state index contributed by atoms with van der Waals surface area (Å²) in [4.78, 5) is 8.14. The van der Waals surface area contributed by atoms with E-state index in [4.69, 9.17) is 10.5 Å². The van der Waals surface area contributed by atoms with Crippen LogP contribution in [0.4, 0.5) is 5.69 Å². The van der Waals surface area contributed by atoms with E-state index in [1.165, 1.54) is 0 Å². The highest BCUT2D eigenvalue weighted by Crippen LogP contribution is 2.10. The van der Waals surface area contributed by atoms with Gasteiger partial charge in [-0.15, -0.1) is 0 Å². The number of nitrogens with two attached hydrogens (primary N) is 1. The van der Waals surface area contributed by atoms with Crippen molar-refractivity contribution in [1.82, 2.24) is 4.98 Å². The highest BCUT2D eigenvalue weighted by molar-refractivity contribution is 5.92. The van der Waals surface area contributed by atoms with Crippen molar-refractivity contribution >= 4 is 11.6 Å². The largest absolute Gasteiger partial charge is 0.481 e. The zero-order valence-electron chi connectivity index (χ0n) is 9.03. The number of nitrogens with zero attached hydrogens (tertiary/aromatic N) is 2. The van der Waals surface area contributed by atoms with Crippen molar-refractivity contribution in [3.8, 4) is 5.88 Å². The van der Waals surface area contributed by atoms with Gasteiger partial charge in [0.05, 0.1) is 19.0 Å².